The first-order valence-electron chi connectivity index (χ1n) is 11.1. The third-order valence-electron chi connectivity index (χ3n) is 6.46. The number of pyridine rings is 1. The topological polar surface area (TPSA) is 142 Å². The van der Waals surface area contributed by atoms with Gasteiger partial charge in [-0.3, -0.25) is 10.2 Å². The number of hydrogen-bond acceptors (Lipinski definition) is 8. The summed E-state index contributed by atoms with van der Waals surface area (Å²) in [4.78, 5) is 25.1. The molecule has 1 saturated heterocycles. The fourth-order valence-corrected chi connectivity index (χ4v) is 4.79. The van der Waals surface area contributed by atoms with E-state index in [4.69, 9.17) is 11.1 Å². The molecule has 33 heavy (non-hydrogen) atoms. The highest BCUT2D eigenvalue weighted by atomic mass is 16.1. The van der Waals surface area contributed by atoms with Gasteiger partial charge in [0.2, 0.25) is 0 Å². The van der Waals surface area contributed by atoms with E-state index in [9.17, 15) is 4.79 Å². The van der Waals surface area contributed by atoms with Crippen LogP contribution in [0.5, 0.6) is 0 Å². The molecule has 1 aromatic carbocycles. The van der Waals surface area contributed by atoms with Crippen LogP contribution < -0.4 is 21.7 Å². The summed E-state index contributed by atoms with van der Waals surface area (Å²) in [6.07, 6.45) is 5.20. The van der Waals surface area contributed by atoms with Crippen molar-refractivity contribution >= 4 is 29.1 Å². The van der Waals surface area contributed by atoms with Gasteiger partial charge in [-0.1, -0.05) is 18.2 Å². The summed E-state index contributed by atoms with van der Waals surface area (Å²) in [6.45, 7) is 2.13. The predicted molar refractivity (Wildman–Crippen MR) is 128 cm³/mol. The molecule has 0 spiro atoms. The van der Waals surface area contributed by atoms with Crippen molar-refractivity contribution < 1.29 is 4.79 Å². The van der Waals surface area contributed by atoms with Gasteiger partial charge in [-0.15, -0.1) is 0 Å². The lowest BCUT2D eigenvalue weighted by atomic mass is 10.0. The van der Waals surface area contributed by atoms with Gasteiger partial charge in [0.1, 0.15) is 23.8 Å². The minimum absolute atomic E-state index is 0.215. The highest BCUT2D eigenvalue weighted by Crippen LogP contribution is 2.36. The van der Waals surface area contributed by atoms with Crippen molar-refractivity contribution in [2.75, 3.05) is 29.5 Å². The summed E-state index contributed by atoms with van der Waals surface area (Å²) in [6, 6.07) is 12.5. The number of hydrogen-bond donors (Lipinski definition) is 5. The maximum absolute atomic E-state index is 12.5. The highest BCUT2D eigenvalue weighted by Gasteiger charge is 2.37. The number of nitrogens with two attached hydrogens (primary N) is 1. The van der Waals surface area contributed by atoms with Crippen molar-refractivity contribution in [2.24, 2.45) is 11.8 Å². The van der Waals surface area contributed by atoms with Crippen LogP contribution in [-0.4, -0.2) is 45.7 Å². The van der Waals surface area contributed by atoms with Gasteiger partial charge in [0.15, 0.2) is 0 Å². The fourth-order valence-electron chi connectivity index (χ4n) is 4.79. The Morgan fingerprint density at radius 1 is 1.00 bits per heavy atom. The van der Waals surface area contributed by atoms with Crippen molar-refractivity contribution in [3.63, 3.8) is 0 Å². The second-order valence-electron chi connectivity index (χ2n) is 8.60. The van der Waals surface area contributed by atoms with Gasteiger partial charge in [0.05, 0.1) is 11.3 Å². The van der Waals surface area contributed by atoms with Crippen molar-refractivity contribution in [1.29, 1.82) is 5.41 Å². The summed E-state index contributed by atoms with van der Waals surface area (Å²) in [7, 11) is 0. The number of aromatic nitrogens is 3. The number of benzene rings is 1. The van der Waals surface area contributed by atoms with Crippen LogP contribution in [0, 0.1) is 17.2 Å². The summed E-state index contributed by atoms with van der Waals surface area (Å²) in [5, 5.41) is 18.5. The molecular formula is C24H26N8O. The maximum atomic E-state index is 12.5. The van der Waals surface area contributed by atoms with Crippen LogP contribution in [-0.2, 0) is 0 Å². The van der Waals surface area contributed by atoms with Gasteiger partial charge in [-0.25, -0.2) is 15.0 Å². The van der Waals surface area contributed by atoms with E-state index in [0.717, 1.165) is 25.9 Å². The smallest absolute Gasteiger partial charge is 0.256 e. The average molecular weight is 443 g/mol. The molecule has 168 valence electrons. The first kappa shape index (κ1) is 21.0. The van der Waals surface area contributed by atoms with Crippen molar-refractivity contribution in [3.8, 4) is 0 Å². The minimum Gasteiger partial charge on any atom is -0.383 e. The summed E-state index contributed by atoms with van der Waals surface area (Å²) >= 11 is 0. The van der Waals surface area contributed by atoms with Gasteiger partial charge in [0, 0.05) is 23.4 Å². The lowest BCUT2D eigenvalue weighted by molar-refractivity contribution is 0.102. The molecule has 9 nitrogen and oxygen atoms in total. The first-order chi connectivity index (χ1) is 16.1. The Balaban J connectivity index is 1.32. The quantitative estimate of drug-likeness (QED) is 0.369. The van der Waals surface area contributed by atoms with E-state index in [0.29, 0.717) is 46.2 Å². The Kier molecular flexibility index (Phi) is 5.70. The van der Waals surface area contributed by atoms with Crippen LogP contribution in [0.15, 0.2) is 55.0 Å². The molecule has 0 radical (unpaired) electrons. The van der Waals surface area contributed by atoms with E-state index >= 15 is 0 Å². The Morgan fingerprint density at radius 3 is 2.42 bits per heavy atom. The van der Waals surface area contributed by atoms with E-state index in [1.165, 1.54) is 6.33 Å². The highest BCUT2D eigenvalue weighted by molar-refractivity contribution is 6.16. The van der Waals surface area contributed by atoms with Gasteiger partial charge < -0.3 is 21.7 Å². The SMILES string of the molecule is N=C(c1ccc(C(=O)Nc2ccccn2)cc1)c1c(N)ncnc1NC1CC2CNCC2C1. The number of anilines is 3. The number of carbonyl (C=O) groups is 1. The third-order valence-corrected chi connectivity index (χ3v) is 6.46. The van der Waals surface area contributed by atoms with E-state index in [1.807, 2.05) is 0 Å². The molecule has 1 aliphatic carbocycles. The molecule has 5 rings (SSSR count). The average Bonchev–Trinajstić information content (AvgIpc) is 3.41. The molecule has 1 aliphatic heterocycles. The van der Waals surface area contributed by atoms with Gasteiger partial charge in [-0.05, 0) is 62.0 Å². The van der Waals surface area contributed by atoms with E-state index < -0.39 is 0 Å². The number of amides is 1. The zero-order chi connectivity index (χ0) is 22.8. The number of fused-ring (bicyclic) bond motifs is 1. The van der Waals surface area contributed by atoms with E-state index in [-0.39, 0.29) is 17.4 Å². The molecule has 0 bridgehead atoms. The first-order valence-corrected chi connectivity index (χ1v) is 11.1. The monoisotopic (exact) mass is 442 g/mol. The number of carbonyl (C=O) groups excluding carboxylic acids is 1. The number of nitrogen functional groups attached to an aromatic ring is 1. The second kappa shape index (κ2) is 8.95. The Bertz CT molecular complexity index is 1150. The number of rotatable bonds is 6. The van der Waals surface area contributed by atoms with Gasteiger partial charge in [-0.2, -0.15) is 0 Å². The number of nitrogens with one attached hydrogen (secondary N) is 4. The normalized spacial score (nSPS) is 21.4. The lowest BCUT2D eigenvalue weighted by Crippen LogP contribution is -2.23. The zero-order valence-electron chi connectivity index (χ0n) is 18.1. The molecular weight excluding hydrogens is 416 g/mol. The van der Waals surface area contributed by atoms with E-state index in [1.54, 1.807) is 48.7 Å². The molecule has 3 heterocycles. The molecule has 6 N–H and O–H groups in total. The molecule has 2 fully saturated rings. The molecule has 2 unspecified atom stereocenters. The van der Waals surface area contributed by atoms with Gasteiger partial charge >= 0.3 is 0 Å². The largest absolute Gasteiger partial charge is 0.383 e. The summed E-state index contributed by atoms with van der Waals surface area (Å²) in [5.74, 6) is 2.44. The Hall–Kier alpha value is -3.85. The predicted octanol–water partition coefficient (Wildman–Crippen LogP) is 2.53. The number of nitrogens with zero attached hydrogens (tertiary/aromatic N) is 3. The zero-order valence-corrected chi connectivity index (χ0v) is 18.1. The maximum Gasteiger partial charge on any atom is 0.256 e. The molecule has 2 aromatic heterocycles. The van der Waals surface area contributed by atoms with Crippen molar-refractivity contribution in [1.82, 2.24) is 20.3 Å². The molecule has 3 aromatic rings. The van der Waals surface area contributed by atoms with Gasteiger partial charge in [0.25, 0.3) is 5.91 Å². The Labute approximate surface area is 191 Å². The molecule has 2 aliphatic rings. The van der Waals surface area contributed by atoms with Crippen LogP contribution >= 0.6 is 0 Å². The molecule has 1 saturated carbocycles. The third kappa shape index (κ3) is 4.40. The minimum atomic E-state index is -0.266. The molecule has 1 amide bonds. The van der Waals surface area contributed by atoms with Crippen LogP contribution in [0.4, 0.5) is 17.5 Å². The fraction of sp³-hybridized carbons (Fsp3) is 0.292. The van der Waals surface area contributed by atoms with Crippen LogP contribution in [0.25, 0.3) is 0 Å². The molecule has 2 atom stereocenters. The van der Waals surface area contributed by atoms with Crippen LogP contribution in [0.2, 0.25) is 0 Å². The lowest BCUT2D eigenvalue weighted by Gasteiger charge is -2.18. The van der Waals surface area contributed by atoms with E-state index in [2.05, 4.69) is 30.9 Å². The summed E-state index contributed by atoms with van der Waals surface area (Å²) < 4.78 is 0. The summed E-state index contributed by atoms with van der Waals surface area (Å²) in [5.41, 5.74) is 7.97. The molecule has 9 heteroatoms. The van der Waals surface area contributed by atoms with Crippen molar-refractivity contribution in [3.05, 3.63) is 71.7 Å². The van der Waals surface area contributed by atoms with Crippen LogP contribution in [0.1, 0.15) is 34.3 Å². The van der Waals surface area contributed by atoms with Crippen molar-refractivity contribution in [2.45, 2.75) is 18.9 Å². The second-order valence-corrected chi connectivity index (χ2v) is 8.60. The van der Waals surface area contributed by atoms with Crippen LogP contribution in [0.3, 0.4) is 0 Å². The standard InChI is InChI=1S/C24H26N8O/c25-21(14-4-6-15(7-5-14)24(33)32-19-3-1-2-8-28-19)20-22(26)29-13-30-23(20)31-18-9-16-11-27-12-17(16)10-18/h1-8,13,16-18,25,27H,9-12H2,(H,28,32,33)(H3,26,29,30,31). The Morgan fingerprint density at radius 2 is 1.73 bits per heavy atom.